The number of anilines is 1. The number of carbonyl (C=O) groups is 3. The first-order valence-corrected chi connectivity index (χ1v) is 12.7. The Kier molecular flexibility index (Phi) is 8.82. The van der Waals surface area contributed by atoms with Crippen molar-refractivity contribution in [3.63, 3.8) is 0 Å². The van der Waals surface area contributed by atoms with Gasteiger partial charge in [-0.1, -0.05) is 35.9 Å². The molecule has 0 bridgehead atoms. The van der Waals surface area contributed by atoms with Gasteiger partial charge in [-0.15, -0.1) is 0 Å². The molecule has 0 saturated carbocycles. The van der Waals surface area contributed by atoms with Gasteiger partial charge in [-0.2, -0.15) is 0 Å². The van der Waals surface area contributed by atoms with Crippen LogP contribution in [0.25, 0.3) is 6.08 Å². The van der Waals surface area contributed by atoms with E-state index in [1.165, 1.54) is 6.08 Å². The number of hydrogen-bond acceptors (Lipinski definition) is 6. The second kappa shape index (κ2) is 12.3. The zero-order valence-corrected chi connectivity index (χ0v) is 21.9. The molecular formula is C27H20ClF3N2O5S. The standard InChI is InChI=1S/C27H20ClF3N2O5S/c1-2-37-21-11-15(7-10-20(21)38-14-16-5-3-4-6-17(16)28)12-22-26(35)33(27(36)39-22)13-23(34)32-19-9-8-18(29)24(30)25(19)31/h3-12H,2,13-14H2,1H3,(H,32,34)/b22-12+. The van der Waals surface area contributed by atoms with E-state index in [0.717, 1.165) is 11.6 Å². The zero-order valence-electron chi connectivity index (χ0n) is 20.3. The monoisotopic (exact) mass is 576 g/mol. The first-order chi connectivity index (χ1) is 18.7. The Balaban J connectivity index is 1.46. The first-order valence-electron chi connectivity index (χ1n) is 11.5. The van der Waals surface area contributed by atoms with Gasteiger partial charge in [0.25, 0.3) is 11.1 Å². The van der Waals surface area contributed by atoms with Crippen LogP contribution in [-0.4, -0.2) is 35.1 Å². The lowest BCUT2D eigenvalue weighted by Gasteiger charge is -2.14. The van der Waals surface area contributed by atoms with E-state index in [4.69, 9.17) is 21.1 Å². The smallest absolute Gasteiger partial charge is 0.294 e. The number of carbonyl (C=O) groups excluding carboxylic acids is 3. The Bertz CT molecular complexity index is 1480. The molecule has 1 fully saturated rings. The Morgan fingerprint density at radius 1 is 1.03 bits per heavy atom. The second-order valence-corrected chi connectivity index (χ2v) is 9.46. The van der Waals surface area contributed by atoms with Crippen LogP contribution in [0.3, 0.4) is 0 Å². The highest BCUT2D eigenvalue weighted by atomic mass is 35.5. The molecule has 1 heterocycles. The van der Waals surface area contributed by atoms with Gasteiger partial charge in [0.2, 0.25) is 5.91 Å². The summed E-state index contributed by atoms with van der Waals surface area (Å²) >= 11 is 6.80. The molecule has 202 valence electrons. The number of halogens is 4. The maximum atomic E-state index is 13.8. The molecule has 0 aliphatic carbocycles. The molecule has 0 unspecified atom stereocenters. The Morgan fingerprint density at radius 3 is 2.54 bits per heavy atom. The summed E-state index contributed by atoms with van der Waals surface area (Å²) in [5.74, 6) is -5.64. The van der Waals surface area contributed by atoms with Crippen molar-refractivity contribution in [3.05, 3.63) is 93.1 Å². The number of thioether (sulfide) groups is 1. The molecule has 3 amide bonds. The van der Waals surface area contributed by atoms with Gasteiger partial charge in [0.15, 0.2) is 29.0 Å². The van der Waals surface area contributed by atoms with Crippen LogP contribution in [-0.2, 0) is 16.2 Å². The maximum Gasteiger partial charge on any atom is 0.294 e. The molecule has 39 heavy (non-hydrogen) atoms. The molecule has 7 nitrogen and oxygen atoms in total. The number of hydrogen-bond donors (Lipinski definition) is 1. The van der Waals surface area contributed by atoms with E-state index in [1.807, 2.05) is 23.5 Å². The lowest BCUT2D eigenvalue weighted by molar-refractivity contribution is -0.127. The Labute approximate surface area is 230 Å². The third-order valence-corrected chi connectivity index (χ3v) is 6.67. The van der Waals surface area contributed by atoms with E-state index < -0.39 is 46.7 Å². The van der Waals surface area contributed by atoms with E-state index in [1.54, 1.807) is 31.2 Å². The number of benzene rings is 3. The summed E-state index contributed by atoms with van der Waals surface area (Å²) in [6.45, 7) is 1.59. The molecular weight excluding hydrogens is 557 g/mol. The third-order valence-electron chi connectivity index (χ3n) is 5.39. The van der Waals surface area contributed by atoms with Crippen molar-refractivity contribution in [2.24, 2.45) is 0 Å². The average molecular weight is 577 g/mol. The molecule has 0 radical (unpaired) electrons. The van der Waals surface area contributed by atoms with E-state index in [0.29, 0.717) is 51.4 Å². The Hall–Kier alpha value is -3.96. The molecule has 0 spiro atoms. The van der Waals surface area contributed by atoms with Crippen molar-refractivity contribution in [2.75, 3.05) is 18.5 Å². The number of imide groups is 1. The molecule has 1 aliphatic rings. The zero-order chi connectivity index (χ0) is 28.1. The van der Waals surface area contributed by atoms with Crippen molar-refractivity contribution >= 4 is 52.2 Å². The van der Waals surface area contributed by atoms with Crippen molar-refractivity contribution < 1.29 is 37.0 Å². The molecule has 1 aliphatic heterocycles. The lowest BCUT2D eigenvalue weighted by atomic mass is 10.1. The van der Waals surface area contributed by atoms with Gasteiger partial charge in [-0.25, -0.2) is 13.2 Å². The van der Waals surface area contributed by atoms with Crippen LogP contribution in [0.15, 0.2) is 59.5 Å². The van der Waals surface area contributed by atoms with Gasteiger partial charge in [-0.05, 0) is 60.7 Å². The fraction of sp³-hybridized carbons (Fsp3) is 0.148. The topological polar surface area (TPSA) is 84.9 Å². The molecule has 1 N–H and O–H groups in total. The number of rotatable bonds is 9. The molecule has 3 aromatic rings. The van der Waals surface area contributed by atoms with Gasteiger partial charge in [0.05, 0.1) is 17.2 Å². The van der Waals surface area contributed by atoms with Crippen molar-refractivity contribution in [1.29, 1.82) is 0 Å². The van der Waals surface area contributed by atoms with Crippen LogP contribution >= 0.6 is 23.4 Å². The molecule has 3 aromatic carbocycles. The highest BCUT2D eigenvalue weighted by Crippen LogP contribution is 2.35. The summed E-state index contributed by atoms with van der Waals surface area (Å²) in [6, 6.07) is 13.7. The van der Waals surface area contributed by atoms with Gasteiger partial charge < -0.3 is 14.8 Å². The Morgan fingerprint density at radius 2 is 1.79 bits per heavy atom. The number of ether oxygens (including phenoxy) is 2. The summed E-state index contributed by atoms with van der Waals surface area (Å²) in [6.07, 6.45) is 1.46. The van der Waals surface area contributed by atoms with E-state index in [2.05, 4.69) is 0 Å². The number of nitrogens with zero attached hydrogens (tertiary/aromatic N) is 1. The van der Waals surface area contributed by atoms with Crippen LogP contribution in [0.5, 0.6) is 11.5 Å². The van der Waals surface area contributed by atoms with Crippen LogP contribution in [0, 0.1) is 17.5 Å². The van der Waals surface area contributed by atoms with Crippen LogP contribution in [0.1, 0.15) is 18.1 Å². The molecule has 1 saturated heterocycles. The van der Waals surface area contributed by atoms with Crippen LogP contribution < -0.4 is 14.8 Å². The summed E-state index contributed by atoms with van der Waals surface area (Å²) in [4.78, 5) is 38.3. The van der Waals surface area contributed by atoms with E-state index >= 15 is 0 Å². The highest BCUT2D eigenvalue weighted by Gasteiger charge is 2.36. The van der Waals surface area contributed by atoms with Crippen LogP contribution in [0.4, 0.5) is 23.7 Å². The summed E-state index contributed by atoms with van der Waals surface area (Å²) in [5.41, 5.74) is 0.694. The van der Waals surface area contributed by atoms with Gasteiger partial charge in [0, 0.05) is 10.6 Å². The molecule has 0 aromatic heterocycles. The summed E-state index contributed by atoms with van der Waals surface area (Å²) in [5, 5.41) is 1.87. The summed E-state index contributed by atoms with van der Waals surface area (Å²) in [7, 11) is 0. The maximum absolute atomic E-state index is 13.8. The highest BCUT2D eigenvalue weighted by molar-refractivity contribution is 8.18. The normalized spacial score (nSPS) is 14.2. The van der Waals surface area contributed by atoms with E-state index in [-0.39, 0.29) is 11.5 Å². The SMILES string of the molecule is CCOc1cc(/C=C2/SC(=O)N(CC(=O)Nc3ccc(F)c(F)c3F)C2=O)ccc1OCc1ccccc1Cl. The summed E-state index contributed by atoms with van der Waals surface area (Å²) < 4.78 is 51.9. The quantitative estimate of drug-likeness (QED) is 0.234. The molecule has 4 rings (SSSR count). The number of amides is 3. The fourth-order valence-corrected chi connectivity index (χ4v) is 4.54. The molecule has 0 atom stereocenters. The minimum absolute atomic E-state index is 0.0407. The second-order valence-electron chi connectivity index (χ2n) is 8.06. The minimum atomic E-state index is -1.76. The van der Waals surface area contributed by atoms with Crippen molar-refractivity contribution in [2.45, 2.75) is 13.5 Å². The van der Waals surface area contributed by atoms with E-state index in [9.17, 15) is 27.6 Å². The lowest BCUT2D eigenvalue weighted by Crippen LogP contribution is -2.36. The molecule has 12 heteroatoms. The van der Waals surface area contributed by atoms with Gasteiger partial charge >= 0.3 is 0 Å². The fourth-order valence-electron chi connectivity index (χ4n) is 3.52. The number of nitrogens with one attached hydrogen (secondary N) is 1. The third kappa shape index (κ3) is 6.55. The van der Waals surface area contributed by atoms with Crippen LogP contribution in [0.2, 0.25) is 5.02 Å². The average Bonchev–Trinajstić information content (AvgIpc) is 3.16. The van der Waals surface area contributed by atoms with Crippen molar-refractivity contribution in [1.82, 2.24) is 4.90 Å². The largest absolute Gasteiger partial charge is 0.490 e. The minimum Gasteiger partial charge on any atom is -0.490 e. The predicted molar refractivity (Wildman–Crippen MR) is 141 cm³/mol. The van der Waals surface area contributed by atoms with Crippen molar-refractivity contribution in [3.8, 4) is 11.5 Å². The predicted octanol–water partition coefficient (Wildman–Crippen LogP) is 6.41. The first kappa shape index (κ1) is 28.1. The van der Waals surface area contributed by atoms with Gasteiger partial charge in [0.1, 0.15) is 13.2 Å². The van der Waals surface area contributed by atoms with Gasteiger partial charge in [-0.3, -0.25) is 19.3 Å².